The summed E-state index contributed by atoms with van der Waals surface area (Å²) in [6.07, 6.45) is -4.97. The predicted molar refractivity (Wildman–Crippen MR) is 14.7 cm³/mol. The maximum atomic E-state index is 10.6. The second-order valence-electron chi connectivity index (χ2n) is 0.827. The number of halogens is 3. The molecule has 42 valence electrons. The van der Waals surface area contributed by atoms with Crippen molar-refractivity contribution in [3.63, 3.8) is 0 Å². The van der Waals surface area contributed by atoms with Crippen LogP contribution in [-0.2, 0) is 4.79 Å². The van der Waals surface area contributed by atoms with Crippen molar-refractivity contribution in [1.82, 2.24) is 0 Å². The van der Waals surface area contributed by atoms with Gasteiger partial charge in [0.15, 0.2) is 0 Å². The summed E-state index contributed by atoms with van der Waals surface area (Å²) in [6.45, 7) is 0. The molecular formula is C2H2F3O2+. The molecule has 0 heterocycles. The Labute approximate surface area is 36.6 Å². The number of alkyl halides is 3. The van der Waals surface area contributed by atoms with Crippen molar-refractivity contribution in [3.8, 4) is 0 Å². The fraction of sp³-hybridized carbons (Fsp3) is 0.500. The van der Waals surface area contributed by atoms with E-state index in [9.17, 15) is 13.2 Å². The molecule has 0 aromatic rings. The van der Waals surface area contributed by atoms with Crippen molar-refractivity contribution in [1.29, 1.82) is 0 Å². The molecule has 0 aliphatic rings. The monoisotopic (exact) mass is 115 g/mol. The molecular weight excluding hydrogens is 113 g/mol. The third kappa shape index (κ3) is 2.02. The van der Waals surface area contributed by atoms with Gasteiger partial charge in [-0.1, -0.05) is 0 Å². The lowest BCUT2D eigenvalue weighted by Gasteiger charge is -1.87. The minimum Gasteiger partial charge on any atom is -0.558 e. The van der Waals surface area contributed by atoms with Gasteiger partial charge in [0.05, 0.1) is 4.79 Å². The van der Waals surface area contributed by atoms with E-state index < -0.39 is 12.1 Å². The molecule has 0 bridgehead atoms. The van der Waals surface area contributed by atoms with Gasteiger partial charge < -0.3 is 5.11 Å². The molecule has 2 N–H and O–H groups in total. The van der Waals surface area contributed by atoms with Gasteiger partial charge >= 0.3 is 12.1 Å². The van der Waals surface area contributed by atoms with E-state index in [2.05, 4.69) is 0 Å². The first-order valence-corrected chi connectivity index (χ1v) is 1.27. The summed E-state index contributed by atoms with van der Waals surface area (Å²) in [4.78, 5) is 9.01. The lowest BCUT2D eigenvalue weighted by atomic mass is 10.7. The van der Waals surface area contributed by atoms with E-state index in [1.54, 1.807) is 0 Å². The van der Waals surface area contributed by atoms with E-state index >= 15 is 0 Å². The predicted octanol–water partition coefficient (Wildman–Crippen LogP) is -0.200. The third-order valence-corrected chi connectivity index (χ3v) is 0.257. The molecule has 0 saturated heterocycles. The molecule has 0 aliphatic carbocycles. The largest absolute Gasteiger partial charge is 0.623 e. The number of rotatable bonds is 0. The van der Waals surface area contributed by atoms with Crippen LogP contribution in [0.4, 0.5) is 13.2 Å². The Morgan fingerprint density at radius 3 is 1.57 bits per heavy atom. The Morgan fingerprint density at radius 2 is 1.57 bits per heavy atom. The van der Waals surface area contributed by atoms with Gasteiger partial charge in [0.2, 0.25) is 0 Å². The van der Waals surface area contributed by atoms with Crippen LogP contribution in [0.2, 0.25) is 0 Å². The average Bonchev–Trinajstić information content (AvgIpc) is 1.31. The van der Waals surface area contributed by atoms with Crippen molar-refractivity contribution in [2.75, 3.05) is 0 Å². The quantitative estimate of drug-likeness (QED) is 0.403. The van der Waals surface area contributed by atoms with Crippen molar-refractivity contribution in [2.45, 2.75) is 6.18 Å². The van der Waals surface area contributed by atoms with Crippen LogP contribution in [0.5, 0.6) is 0 Å². The molecule has 0 fully saturated rings. The molecule has 0 aromatic carbocycles. The highest BCUT2D eigenvalue weighted by atomic mass is 19.4. The molecule has 0 amide bonds. The molecule has 0 radical (unpaired) electrons. The lowest BCUT2D eigenvalue weighted by Crippen LogP contribution is -2.21. The highest BCUT2D eigenvalue weighted by molar-refractivity contribution is 5.73. The zero-order valence-corrected chi connectivity index (χ0v) is 3.04. The van der Waals surface area contributed by atoms with E-state index in [0.29, 0.717) is 0 Å². The van der Waals surface area contributed by atoms with Crippen LogP contribution in [0.25, 0.3) is 0 Å². The van der Waals surface area contributed by atoms with Crippen molar-refractivity contribution in [3.05, 3.63) is 0 Å². The maximum absolute atomic E-state index is 10.6. The number of hydrogen-bond donors (Lipinski definition) is 0. The SMILES string of the molecule is O=C([OH2+])C(F)(F)F. The van der Waals surface area contributed by atoms with Gasteiger partial charge in [0.25, 0.3) is 0 Å². The van der Waals surface area contributed by atoms with E-state index in [1.807, 2.05) is 0 Å². The van der Waals surface area contributed by atoms with Crippen LogP contribution in [-0.4, -0.2) is 17.3 Å². The molecule has 0 saturated carbocycles. The van der Waals surface area contributed by atoms with Crippen LogP contribution in [0.1, 0.15) is 0 Å². The minimum absolute atomic E-state index is 2.51. The van der Waals surface area contributed by atoms with Crippen molar-refractivity contribution in [2.24, 2.45) is 0 Å². The number of hydrogen-bond acceptors (Lipinski definition) is 1. The van der Waals surface area contributed by atoms with Gasteiger partial charge in [-0.25, -0.2) is 0 Å². The number of carbonyl (C=O) groups excluding carboxylic acids is 1. The first-order chi connectivity index (χ1) is 2.94. The summed E-state index contributed by atoms with van der Waals surface area (Å²) >= 11 is 0. The molecule has 2 nitrogen and oxygen atoms in total. The van der Waals surface area contributed by atoms with Gasteiger partial charge in [0.1, 0.15) is 0 Å². The van der Waals surface area contributed by atoms with Crippen molar-refractivity contribution >= 4 is 5.97 Å². The fourth-order valence-electron chi connectivity index (χ4n) is 0. The molecule has 5 heteroatoms. The van der Waals surface area contributed by atoms with Crippen LogP contribution < -0.4 is 0 Å². The zero-order chi connectivity index (χ0) is 6.08. The highest BCUT2D eigenvalue weighted by Crippen LogP contribution is 2.13. The molecule has 0 unspecified atom stereocenters. The van der Waals surface area contributed by atoms with Crippen LogP contribution in [0.15, 0.2) is 0 Å². The smallest absolute Gasteiger partial charge is 0.558 e. The summed E-state index contributed by atoms with van der Waals surface area (Å²) in [5, 5.41) is 5.47. The summed E-state index contributed by atoms with van der Waals surface area (Å²) in [6, 6.07) is 0. The minimum atomic E-state index is -4.97. The summed E-state index contributed by atoms with van der Waals surface area (Å²) in [5.74, 6) is -2.51. The standard InChI is InChI=1S/C2HF3O2/c3-2(4,5)1(6)7/h(H,6,7)/p+1. The molecule has 0 aliphatic heterocycles. The summed E-state index contributed by atoms with van der Waals surface area (Å²) in [5.41, 5.74) is 0. The Balaban J connectivity index is 3.79. The van der Waals surface area contributed by atoms with Gasteiger partial charge in [-0.3, -0.25) is 0 Å². The average molecular weight is 115 g/mol. The van der Waals surface area contributed by atoms with E-state index in [4.69, 9.17) is 9.90 Å². The molecule has 7 heavy (non-hydrogen) atoms. The maximum Gasteiger partial charge on any atom is 0.623 e. The number of carbonyl (C=O) groups is 1. The van der Waals surface area contributed by atoms with Gasteiger partial charge in [-0.2, -0.15) is 13.2 Å². The molecule has 0 rings (SSSR count). The van der Waals surface area contributed by atoms with E-state index in [-0.39, 0.29) is 0 Å². The van der Waals surface area contributed by atoms with Crippen LogP contribution >= 0.6 is 0 Å². The normalized spacial score (nSPS) is 11.3. The Bertz CT molecular complexity index is 83.4. The molecule has 0 spiro atoms. The molecule has 0 atom stereocenters. The second-order valence-corrected chi connectivity index (χ2v) is 0.827. The topological polar surface area (TPSA) is 40.0 Å². The second kappa shape index (κ2) is 1.40. The van der Waals surface area contributed by atoms with E-state index in [1.165, 1.54) is 0 Å². The van der Waals surface area contributed by atoms with Gasteiger partial charge in [-0.15, -0.1) is 0 Å². The molecule has 0 aromatic heterocycles. The third-order valence-electron chi connectivity index (χ3n) is 0.257. The lowest BCUT2D eigenvalue weighted by molar-refractivity contribution is -0.192. The first kappa shape index (κ1) is 6.26. The van der Waals surface area contributed by atoms with Gasteiger partial charge in [-0.05, 0) is 0 Å². The summed E-state index contributed by atoms with van der Waals surface area (Å²) in [7, 11) is 0. The first-order valence-electron chi connectivity index (χ1n) is 1.27. The van der Waals surface area contributed by atoms with Crippen molar-refractivity contribution < 1.29 is 23.1 Å². The van der Waals surface area contributed by atoms with E-state index in [0.717, 1.165) is 0 Å². The fourth-order valence-corrected chi connectivity index (χ4v) is 0. The zero-order valence-electron chi connectivity index (χ0n) is 3.04. The van der Waals surface area contributed by atoms with Crippen LogP contribution in [0, 0.1) is 0 Å². The summed E-state index contributed by atoms with van der Waals surface area (Å²) < 4.78 is 31.9. The Kier molecular flexibility index (Phi) is 1.25. The Hall–Kier alpha value is -0.740. The van der Waals surface area contributed by atoms with Crippen LogP contribution in [0.3, 0.4) is 0 Å². The highest BCUT2D eigenvalue weighted by Gasteiger charge is 2.47. The Morgan fingerprint density at radius 1 is 1.43 bits per heavy atom. The van der Waals surface area contributed by atoms with Gasteiger partial charge in [0, 0.05) is 0 Å².